The Morgan fingerprint density at radius 1 is 1.14 bits per heavy atom. The highest BCUT2D eigenvalue weighted by atomic mass is 16.7. The van der Waals surface area contributed by atoms with Crippen molar-refractivity contribution in [3.05, 3.63) is 12.2 Å². The quantitative estimate of drug-likeness (QED) is 0.323. The number of allylic oxidation sites excluding steroid dienone is 1. The minimum Gasteiger partial charge on any atom is -0.469 e. The molecule has 0 spiro atoms. The summed E-state index contributed by atoms with van der Waals surface area (Å²) in [6.07, 6.45) is 6.96. The lowest BCUT2D eigenvalue weighted by Gasteiger charge is -2.57. The van der Waals surface area contributed by atoms with Crippen molar-refractivity contribution in [2.45, 2.75) is 77.9 Å². The Balaban J connectivity index is 2.08. The second kappa shape index (κ2) is 9.53. The molecular formula is C23H38O5. The number of ether oxygens (including phenoxy) is 3. The van der Waals surface area contributed by atoms with Crippen molar-refractivity contribution in [3.8, 4) is 0 Å². The second-order valence-corrected chi connectivity index (χ2v) is 9.09. The predicted molar refractivity (Wildman–Crippen MR) is 109 cm³/mol. The molecule has 0 N–H and O–H groups in total. The first-order chi connectivity index (χ1) is 13.2. The van der Waals surface area contributed by atoms with Crippen LogP contribution in [0.2, 0.25) is 0 Å². The van der Waals surface area contributed by atoms with Gasteiger partial charge in [0.1, 0.15) is 5.78 Å². The van der Waals surface area contributed by atoms with Crippen molar-refractivity contribution in [1.82, 2.24) is 0 Å². The van der Waals surface area contributed by atoms with Gasteiger partial charge in [-0.05, 0) is 56.3 Å². The molecule has 2 aliphatic carbocycles. The fraction of sp³-hybridized carbons (Fsp3) is 0.826. The molecule has 0 amide bonds. The molecule has 0 heterocycles. The Morgan fingerprint density at radius 3 is 2.43 bits per heavy atom. The lowest BCUT2D eigenvalue weighted by molar-refractivity contribution is -0.168. The van der Waals surface area contributed by atoms with E-state index in [0.717, 1.165) is 38.5 Å². The third-order valence-corrected chi connectivity index (χ3v) is 7.57. The van der Waals surface area contributed by atoms with Gasteiger partial charge in [-0.3, -0.25) is 9.59 Å². The normalized spacial score (nSPS) is 32.9. The maximum Gasteiger partial charge on any atom is 0.311 e. The number of carbonyl (C=O) groups is 2. The number of methoxy groups -OCH3 is 3. The van der Waals surface area contributed by atoms with E-state index in [1.54, 1.807) is 14.2 Å². The molecule has 2 rings (SSSR count). The number of Topliss-reactive ketones (excluding diaryl/α,β-unsaturated/α-hetero) is 1. The Bertz CT molecular complexity index is 582. The van der Waals surface area contributed by atoms with Gasteiger partial charge in [-0.2, -0.15) is 0 Å². The molecule has 0 aromatic rings. The van der Waals surface area contributed by atoms with Gasteiger partial charge in [0.15, 0.2) is 6.29 Å². The van der Waals surface area contributed by atoms with Crippen molar-refractivity contribution >= 4 is 11.8 Å². The van der Waals surface area contributed by atoms with Crippen LogP contribution in [0.1, 0.15) is 71.6 Å². The van der Waals surface area contributed by atoms with Crippen molar-refractivity contribution < 1.29 is 23.8 Å². The van der Waals surface area contributed by atoms with Gasteiger partial charge in [-0.15, -0.1) is 0 Å². The minimum absolute atomic E-state index is 0.00159. The average Bonchev–Trinajstić information content (AvgIpc) is 2.67. The molecule has 5 nitrogen and oxygen atoms in total. The molecular weight excluding hydrogens is 356 g/mol. The topological polar surface area (TPSA) is 61.8 Å². The summed E-state index contributed by atoms with van der Waals surface area (Å²) in [5.74, 6) is 0.707. The number of ketones is 1. The van der Waals surface area contributed by atoms with Crippen LogP contribution in [0.25, 0.3) is 0 Å². The lowest BCUT2D eigenvalue weighted by Crippen LogP contribution is -2.53. The van der Waals surface area contributed by atoms with Crippen LogP contribution in [0, 0.1) is 22.7 Å². The number of hydrogen-bond acceptors (Lipinski definition) is 5. The standard InChI is InChI=1S/C23H38O5/c1-16-8-12-19-22(2,14-7-15-23(19,3)21(25)28-6)18(16)11-9-17(24)10-13-20(26-4)27-5/h18-20H,1,7-15H2,2-6H3/t18-,19?,22+,23-/m0/s1. The van der Waals surface area contributed by atoms with Crippen LogP contribution in [-0.4, -0.2) is 39.4 Å². The van der Waals surface area contributed by atoms with E-state index in [1.807, 2.05) is 0 Å². The summed E-state index contributed by atoms with van der Waals surface area (Å²) in [5, 5.41) is 0. The van der Waals surface area contributed by atoms with Gasteiger partial charge in [-0.1, -0.05) is 25.5 Å². The van der Waals surface area contributed by atoms with Gasteiger partial charge in [0, 0.05) is 33.5 Å². The molecule has 4 atom stereocenters. The zero-order valence-electron chi connectivity index (χ0n) is 18.3. The van der Waals surface area contributed by atoms with Crippen LogP contribution in [0.4, 0.5) is 0 Å². The van der Waals surface area contributed by atoms with Crippen LogP contribution < -0.4 is 0 Å². The largest absolute Gasteiger partial charge is 0.469 e. The maximum absolute atomic E-state index is 12.6. The predicted octanol–water partition coefficient (Wildman–Crippen LogP) is 4.69. The zero-order valence-corrected chi connectivity index (χ0v) is 18.3. The van der Waals surface area contributed by atoms with Crippen LogP contribution in [0.15, 0.2) is 12.2 Å². The fourth-order valence-electron chi connectivity index (χ4n) is 6.00. The van der Waals surface area contributed by atoms with E-state index < -0.39 is 5.41 Å². The monoisotopic (exact) mass is 394 g/mol. The Labute approximate surface area is 170 Å². The molecule has 2 fully saturated rings. The number of hydrogen-bond donors (Lipinski definition) is 0. The highest BCUT2D eigenvalue weighted by Gasteiger charge is 2.57. The third kappa shape index (κ3) is 4.51. The van der Waals surface area contributed by atoms with Crippen LogP contribution in [0.5, 0.6) is 0 Å². The Kier molecular flexibility index (Phi) is 7.86. The SMILES string of the molecule is C=C1CCC2[C@](C)(CCC[C@]2(C)C(=O)OC)[C@H]1CCC(=O)CCC(OC)OC. The van der Waals surface area contributed by atoms with E-state index in [2.05, 4.69) is 20.4 Å². The molecule has 0 aromatic heterocycles. The summed E-state index contributed by atoms with van der Waals surface area (Å²) in [5.41, 5.74) is 0.806. The van der Waals surface area contributed by atoms with Gasteiger partial charge < -0.3 is 14.2 Å². The molecule has 0 saturated heterocycles. The van der Waals surface area contributed by atoms with E-state index in [1.165, 1.54) is 12.7 Å². The van der Waals surface area contributed by atoms with E-state index in [9.17, 15) is 9.59 Å². The first-order valence-corrected chi connectivity index (χ1v) is 10.6. The number of esters is 1. The third-order valence-electron chi connectivity index (χ3n) is 7.57. The van der Waals surface area contributed by atoms with Gasteiger partial charge in [0.05, 0.1) is 12.5 Å². The first kappa shape index (κ1) is 23.1. The highest BCUT2D eigenvalue weighted by molar-refractivity contribution is 5.78. The minimum atomic E-state index is -0.436. The zero-order chi connectivity index (χ0) is 20.9. The lowest BCUT2D eigenvalue weighted by atomic mass is 9.46. The molecule has 2 aliphatic rings. The number of fused-ring (bicyclic) bond motifs is 1. The van der Waals surface area contributed by atoms with E-state index in [0.29, 0.717) is 19.3 Å². The number of rotatable bonds is 9. The molecule has 2 saturated carbocycles. The van der Waals surface area contributed by atoms with Crippen molar-refractivity contribution in [1.29, 1.82) is 0 Å². The van der Waals surface area contributed by atoms with Crippen molar-refractivity contribution in [2.24, 2.45) is 22.7 Å². The molecule has 5 heteroatoms. The van der Waals surface area contributed by atoms with E-state index in [-0.39, 0.29) is 35.3 Å². The summed E-state index contributed by atoms with van der Waals surface area (Å²) < 4.78 is 15.5. The van der Waals surface area contributed by atoms with Gasteiger partial charge in [0.25, 0.3) is 0 Å². The average molecular weight is 395 g/mol. The molecule has 160 valence electrons. The van der Waals surface area contributed by atoms with Crippen molar-refractivity contribution in [2.75, 3.05) is 21.3 Å². The van der Waals surface area contributed by atoms with Gasteiger partial charge in [0.2, 0.25) is 0 Å². The Hall–Kier alpha value is -1.20. The van der Waals surface area contributed by atoms with Crippen LogP contribution >= 0.6 is 0 Å². The first-order valence-electron chi connectivity index (χ1n) is 10.6. The molecule has 0 aromatic carbocycles. The van der Waals surface area contributed by atoms with Crippen molar-refractivity contribution in [3.63, 3.8) is 0 Å². The smallest absolute Gasteiger partial charge is 0.311 e. The van der Waals surface area contributed by atoms with E-state index >= 15 is 0 Å². The molecule has 0 bridgehead atoms. The molecule has 28 heavy (non-hydrogen) atoms. The summed E-state index contributed by atoms with van der Waals surface area (Å²) in [6.45, 7) is 8.74. The number of carbonyl (C=O) groups excluding carboxylic acids is 2. The van der Waals surface area contributed by atoms with Gasteiger partial charge >= 0.3 is 5.97 Å². The van der Waals surface area contributed by atoms with Gasteiger partial charge in [-0.25, -0.2) is 0 Å². The highest BCUT2D eigenvalue weighted by Crippen LogP contribution is 2.62. The summed E-state index contributed by atoms with van der Waals surface area (Å²) in [7, 11) is 4.67. The maximum atomic E-state index is 12.6. The molecule has 1 unspecified atom stereocenters. The van der Waals surface area contributed by atoms with E-state index in [4.69, 9.17) is 14.2 Å². The van der Waals surface area contributed by atoms with Crippen LogP contribution in [0.3, 0.4) is 0 Å². The fourth-order valence-corrected chi connectivity index (χ4v) is 6.00. The molecule has 0 aliphatic heterocycles. The summed E-state index contributed by atoms with van der Waals surface area (Å²) >= 11 is 0. The summed E-state index contributed by atoms with van der Waals surface area (Å²) in [4.78, 5) is 25.1. The molecule has 0 radical (unpaired) electrons. The second-order valence-electron chi connectivity index (χ2n) is 9.09. The van der Waals surface area contributed by atoms with Crippen LogP contribution in [-0.2, 0) is 23.8 Å². The Morgan fingerprint density at radius 2 is 1.82 bits per heavy atom. The summed E-state index contributed by atoms with van der Waals surface area (Å²) in [6, 6.07) is 0.